The molecular formula is C21H23N5O6S2. The summed E-state index contributed by atoms with van der Waals surface area (Å²) in [6.07, 6.45) is -1.34. The first-order valence-electron chi connectivity index (χ1n) is 10.1. The number of furan rings is 1. The monoisotopic (exact) mass is 505 g/mol. The predicted octanol–water partition coefficient (Wildman–Crippen LogP) is 3.17. The average molecular weight is 506 g/mol. The van der Waals surface area contributed by atoms with E-state index in [1.54, 1.807) is 42.6 Å². The summed E-state index contributed by atoms with van der Waals surface area (Å²) in [5.74, 6) is 1.86. The zero-order valence-corrected chi connectivity index (χ0v) is 20.4. The van der Waals surface area contributed by atoms with E-state index in [1.165, 1.54) is 42.6 Å². The number of methoxy groups -OCH3 is 2. The second kappa shape index (κ2) is 9.44. The van der Waals surface area contributed by atoms with E-state index in [-0.39, 0.29) is 17.5 Å². The SMILES string of the molecule is COc1cccc(OC)c1-n1c(NS(=O)(=O)C(C)C(O)c2cscn2)nnc1-c1ccc(C)o1. The van der Waals surface area contributed by atoms with Crippen molar-refractivity contribution in [3.05, 3.63) is 52.7 Å². The van der Waals surface area contributed by atoms with Crippen molar-refractivity contribution in [2.24, 2.45) is 0 Å². The van der Waals surface area contributed by atoms with Gasteiger partial charge in [0, 0.05) is 5.38 Å². The van der Waals surface area contributed by atoms with Crippen molar-refractivity contribution >= 4 is 27.3 Å². The molecule has 0 amide bonds. The van der Waals surface area contributed by atoms with Crippen LogP contribution >= 0.6 is 11.3 Å². The summed E-state index contributed by atoms with van der Waals surface area (Å²) in [5, 5.41) is 19.2. The van der Waals surface area contributed by atoms with Crippen LogP contribution in [-0.4, -0.2) is 52.7 Å². The van der Waals surface area contributed by atoms with Gasteiger partial charge in [-0.05, 0) is 38.1 Å². The molecule has 0 saturated heterocycles. The van der Waals surface area contributed by atoms with Crippen molar-refractivity contribution in [1.82, 2.24) is 19.7 Å². The van der Waals surface area contributed by atoms with Gasteiger partial charge in [0.15, 0.2) is 5.76 Å². The highest BCUT2D eigenvalue weighted by atomic mass is 32.2. The van der Waals surface area contributed by atoms with E-state index in [4.69, 9.17) is 13.9 Å². The van der Waals surface area contributed by atoms with Gasteiger partial charge in [-0.1, -0.05) is 6.07 Å². The first-order chi connectivity index (χ1) is 16.3. The van der Waals surface area contributed by atoms with E-state index in [0.29, 0.717) is 28.7 Å². The van der Waals surface area contributed by atoms with Crippen LogP contribution in [-0.2, 0) is 10.0 Å². The van der Waals surface area contributed by atoms with E-state index in [1.807, 2.05) is 0 Å². The first kappa shape index (κ1) is 23.7. The van der Waals surface area contributed by atoms with Crippen molar-refractivity contribution in [2.75, 3.05) is 18.9 Å². The van der Waals surface area contributed by atoms with Crippen LogP contribution in [0.3, 0.4) is 0 Å². The van der Waals surface area contributed by atoms with Gasteiger partial charge in [0.05, 0.1) is 25.4 Å². The van der Waals surface area contributed by atoms with Crippen molar-refractivity contribution in [2.45, 2.75) is 25.2 Å². The van der Waals surface area contributed by atoms with Crippen LogP contribution < -0.4 is 14.2 Å². The van der Waals surface area contributed by atoms with E-state index in [2.05, 4.69) is 19.9 Å². The van der Waals surface area contributed by atoms with Crippen LogP contribution in [0.4, 0.5) is 5.95 Å². The maximum atomic E-state index is 13.2. The van der Waals surface area contributed by atoms with E-state index in [9.17, 15) is 13.5 Å². The zero-order valence-electron chi connectivity index (χ0n) is 18.8. The number of aliphatic hydroxyl groups is 1. The number of thiazole rings is 1. The Balaban J connectivity index is 1.84. The fourth-order valence-electron chi connectivity index (χ4n) is 3.33. The van der Waals surface area contributed by atoms with Crippen LogP contribution in [0.2, 0.25) is 0 Å². The molecule has 11 nitrogen and oxygen atoms in total. The largest absolute Gasteiger partial charge is 0.494 e. The van der Waals surface area contributed by atoms with E-state index >= 15 is 0 Å². The number of hydrogen-bond acceptors (Lipinski definition) is 10. The molecule has 0 aliphatic heterocycles. The number of aliphatic hydroxyl groups excluding tert-OH is 1. The highest BCUT2D eigenvalue weighted by molar-refractivity contribution is 7.93. The molecule has 0 bridgehead atoms. The lowest BCUT2D eigenvalue weighted by Gasteiger charge is -2.20. The molecule has 4 rings (SSSR count). The summed E-state index contributed by atoms with van der Waals surface area (Å²) in [7, 11) is -1.18. The highest BCUT2D eigenvalue weighted by Gasteiger charge is 2.33. The molecule has 0 aliphatic rings. The number of benzene rings is 1. The second-order valence-corrected chi connectivity index (χ2v) is 10.1. The number of hydrogen-bond donors (Lipinski definition) is 2. The summed E-state index contributed by atoms with van der Waals surface area (Å²) in [5.41, 5.74) is 2.16. The third kappa shape index (κ3) is 4.36. The average Bonchev–Trinajstić information content (AvgIpc) is 3.58. The molecule has 0 radical (unpaired) electrons. The number of rotatable bonds is 9. The molecule has 3 heterocycles. The van der Waals surface area contributed by atoms with Gasteiger partial charge in [-0.15, -0.1) is 21.5 Å². The molecule has 2 N–H and O–H groups in total. The Kier molecular flexibility index (Phi) is 6.59. The first-order valence-corrected chi connectivity index (χ1v) is 12.6. The van der Waals surface area contributed by atoms with Crippen LogP contribution in [0.15, 0.2) is 45.6 Å². The summed E-state index contributed by atoms with van der Waals surface area (Å²) in [6.45, 7) is 3.16. The second-order valence-electron chi connectivity index (χ2n) is 7.31. The van der Waals surface area contributed by atoms with Gasteiger partial charge in [-0.3, -0.25) is 9.29 Å². The predicted molar refractivity (Wildman–Crippen MR) is 126 cm³/mol. The van der Waals surface area contributed by atoms with Crippen molar-refractivity contribution in [3.63, 3.8) is 0 Å². The molecule has 4 aromatic rings. The number of anilines is 1. The van der Waals surface area contributed by atoms with Crippen LogP contribution in [0.1, 0.15) is 24.5 Å². The van der Waals surface area contributed by atoms with Crippen molar-refractivity contribution in [3.8, 4) is 28.8 Å². The standard InChI is InChI=1S/C21H23N5O6S2/c1-12-8-9-17(32-12)20-23-24-21(26(20)18-15(30-3)6-5-7-16(18)31-4)25-34(28,29)13(2)19(27)14-10-33-11-22-14/h5-11,13,19,27H,1-4H3,(H,24,25). The smallest absolute Gasteiger partial charge is 0.243 e. The van der Waals surface area contributed by atoms with Crippen molar-refractivity contribution in [1.29, 1.82) is 0 Å². The minimum Gasteiger partial charge on any atom is -0.494 e. The normalized spacial score (nSPS) is 13.4. The molecule has 2 atom stereocenters. The lowest BCUT2D eigenvalue weighted by molar-refractivity contribution is 0.172. The third-order valence-electron chi connectivity index (χ3n) is 5.17. The maximum absolute atomic E-state index is 13.2. The number of nitrogens with one attached hydrogen (secondary N) is 1. The number of aryl methyl sites for hydroxylation is 1. The quantitative estimate of drug-likeness (QED) is 0.351. The Morgan fingerprint density at radius 3 is 2.41 bits per heavy atom. The summed E-state index contributed by atoms with van der Waals surface area (Å²) in [4.78, 5) is 4.01. The summed E-state index contributed by atoms with van der Waals surface area (Å²) < 4.78 is 47.1. The number of aromatic nitrogens is 4. The molecule has 1 aromatic carbocycles. The zero-order chi connectivity index (χ0) is 24.5. The minimum atomic E-state index is -4.14. The molecule has 180 valence electrons. The molecule has 3 aromatic heterocycles. The summed E-state index contributed by atoms with van der Waals surface area (Å²) in [6, 6.07) is 8.58. The molecule has 34 heavy (non-hydrogen) atoms. The fourth-order valence-corrected chi connectivity index (χ4v) is 4.96. The third-order valence-corrected chi connectivity index (χ3v) is 7.48. The molecule has 0 aliphatic carbocycles. The van der Waals surface area contributed by atoms with Gasteiger partial charge in [-0.25, -0.2) is 13.4 Å². The van der Waals surface area contributed by atoms with Gasteiger partial charge in [-0.2, -0.15) is 0 Å². The van der Waals surface area contributed by atoms with E-state index in [0.717, 1.165) is 0 Å². The highest BCUT2D eigenvalue weighted by Crippen LogP contribution is 2.38. The Hall–Kier alpha value is -3.42. The number of para-hydroxylation sites is 1. The lowest BCUT2D eigenvalue weighted by atomic mass is 10.2. The van der Waals surface area contributed by atoms with Gasteiger partial charge >= 0.3 is 0 Å². The Labute approximate surface area is 200 Å². The molecule has 2 unspecified atom stereocenters. The molecule has 0 fully saturated rings. The minimum absolute atomic E-state index is 0.135. The maximum Gasteiger partial charge on any atom is 0.243 e. The van der Waals surface area contributed by atoms with Gasteiger partial charge in [0.1, 0.15) is 34.3 Å². The topological polar surface area (TPSA) is 142 Å². The van der Waals surface area contributed by atoms with E-state index < -0.39 is 21.4 Å². The molecule has 13 heteroatoms. The molecular weight excluding hydrogens is 482 g/mol. The lowest BCUT2D eigenvalue weighted by Crippen LogP contribution is -2.32. The van der Waals surface area contributed by atoms with Crippen LogP contribution in [0.25, 0.3) is 17.3 Å². The summed E-state index contributed by atoms with van der Waals surface area (Å²) >= 11 is 1.26. The fraction of sp³-hybridized carbons (Fsp3) is 0.286. The number of nitrogens with zero attached hydrogens (tertiary/aromatic N) is 4. The number of sulfonamides is 1. The molecule has 0 saturated carbocycles. The Morgan fingerprint density at radius 2 is 1.85 bits per heavy atom. The Bertz CT molecular complexity index is 1360. The van der Waals surface area contributed by atoms with Gasteiger partial charge in [0.25, 0.3) is 0 Å². The van der Waals surface area contributed by atoms with Gasteiger partial charge < -0.3 is 19.0 Å². The van der Waals surface area contributed by atoms with Crippen LogP contribution in [0, 0.1) is 6.92 Å². The molecule has 0 spiro atoms. The Morgan fingerprint density at radius 1 is 1.15 bits per heavy atom. The van der Waals surface area contributed by atoms with Crippen molar-refractivity contribution < 1.29 is 27.4 Å². The van der Waals surface area contributed by atoms with Crippen LogP contribution in [0.5, 0.6) is 11.5 Å². The van der Waals surface area contributed by atoms with Gasteiger partial charge in [0.2, 0.25) is 21.8 Å². The number of ether oxygens (including phenoxy) is 2.